The van der Waals surface area contributed by atoms with Crippen molar-refractivity contribution in [3.63, 3.8) is 0 Å². The van der Waals surface area contributed by atoms with Crippen LogP contribution in [0.5, 0.6) is 0 Å². The standard InChI is InChI=1S/C28H12N12.Co/c1-5-13-17(29-9-1)25-33-21(13)37-26-18-14(6-2-10-30-18)23(34-26)39-28-20-16(8-4-12-32-20)24(36-28)40-27-19-15(7-3-11-31-19)22(35-27)38-25;/h1-12H;/q-2;+2. The quantitative estimate of drug-likeness (QED) is 0.259. The average molecular weight is 575 g/mol. The first-order valence-electron chi connectivity index (χ1n) is 12.3. The number of hydrogen-bond acceptors (Lipinski definition) is 10. The van der Waals surface area contributed by atoms with Crippen LogP contribution in [0.3, 0.4) is 0 Å². The summed E-state index contributed by atoms with van der Waals surface area (Å²) < 4.78 is 0. The third-order valence-electron chi connectivity index (χ3n) is 6.74. The summed E-state index contributed by atoms with van der Waals surface area (Å²) in [7, 11) is 0. The second-order valence-corrected chi connectivity index (χ2v) is 9.08. The van der Waals surface area contributed by atoms with Gasteiger partial charge in [0.2, 0.25) is 0 Å². The van der Waals surface area contributed by atoms with Gasteiger partial charge in [0.05, 0.1) is 22.7 Å². The zero-order valence-electron chi connectivity index (χ0n) is 20.6. The molecule has 1 radical (unpaired) electrons. The Morgan fingerprint density at radius 2 is 0.829 bits per heavy atom. The van der Waals surface area contributed by atoms with Crippen LogP contribution in [0.15, 0.2) is 73.3 Å². The van der Waals surface area contributed by atoms with E-state index in [1.54, 1.807) is 24.8 Å². The number of aromatic nitrogens is 12. The monoisotopic (exact) mass is 575 g/mol. The van der Waals surface area contributed by atoms with Crippen LogP contribution in [-0.4, -0.2) is 49.8 Å². The van der Waals surface area contributed by atoms with E-state index in [2.05, 4.69) is 19.9 Å². The summed E-state index contributed by atoms with van der Waals surface area (Å²) in [5.41, 5.74) is 5.44. The van der Waals surface area contributed by atoms with Gasteiger partial charge in [-0.1, -0.05) is 12.1 Å². The van der Waals surface area contributed by atoms with Gasteiger partial charge in [-0.25, -0.2) is 9.97 Å². The van der Waals surface area contributed by atoms with Crippen LogP contribution in [-0.2, 0) is 16.8 Å². The minimum atomic E-state index is 0. The Kier molecular flexibility index (Phi) is 4.98. The molecule has 0 saturated heterocycles. The van der Waals surface area contributed by atoms with E-state index in [9.17, 15) is 0 Å². The second-order valence-electron chi connectivity index (χ2n) is 9.08. The predicted molar refractivity (Wildman–Crippen MR) is 145 cm³/mol. The number of rotatable bonds is 0. The Balaban J connectivity index is 0.00000256. The van der Waals surface area contributed by atoms with Crippen molar-refractivity contribution in [3.05, 3.63) is 73.3 Å². The second kappa shape index (κ2) is 8.74. The first-order valence-corrected chi connectivity index (χ1v) is 12.3. The van der Waals surface area contributed by atoms with E-state index in [1.165, 1.54) is 0 Å². The molecule has 7 aromatic heterocycles. The summed E-state index contributed by atoms with van der Waals surface area (Å²) >= 11 is 0. The van der Waals surface area contributed by atoms with Crippen molar-refractivity contribution in [3.8, 4) is 45.8 Å². The van der Waals surface area contributed by atoms with Crippen LogP contribution in [0.25, 0.3) is 90.2 Å². The number of fused-ring (bicyclic) bond motifs is 20. The molecule has 0 unspecified atom stereocenters. The first-order chi connectivity index (χ1) is 19.8. The zero-order valence-corrected chi connectivity index (χ0v) is 21.7. The third-order valence-corrected chi connectivity index (χ3v) is 6.74. The van der Waals surface area contributed by atoms with E-state index >= 15 is 0 Å². The number of pyridine rings is 4. The van der Waals surface area contributed by atoms with Crippen LogP contribution in [0.4, 0.5) is 0 Å². The van der Waals surface area contributed by atoms with Crippen LogP contribution in [0, 0.1) is 0 Å². The molecule has 41 heavy (non-hydrogen) atoms. The minimum absolute atomic E-state index is 0. The molecule has 0 fully saturated rings. The van der Waals surface area contributed by atoms with Gasteiger partial charge in [-0.3, -0.25) is 19.9 Å². The van der Waals surface area contributed by atoms with Crippen molar-refractivity contribution < 1.29 is 16.8 Å². The molecule has 2 aliphatic rings. The van der Waals surface area contributed by atoms with E-state index in [1.807, 2.05) is 48.5 Å². The maximum absolute atomic E-state index is 4.82. The molecule has 13 heteroatoms. The van der Waals surface area contributed by atoms with Gasteiger partial charge in [0, 0.05) is 69.3 Å². The number of hydrogen-bond donors (Lipinski definition) is 0. The maximum Gasteiger partial charge on any atom is 2.00 e. The fourth-order valence-electron chi connectivity index (χ4n) is 4.96. The molecule has 12 nitrogen and oxygen atoms in total. The molecular formula is C28H12CoN12. The largest absolute Gasteiger partial charge is 2.00 e. The molecule has 0 saturated carbocycles. The van der Waals surface area contributed by atoms with Crippen molar-refractivity contribution in [2.75, 3.05) is 0 Å². The summed E-state index contributed by atoms with van der Waals surface area (Å²) in [5, 5.41) is 1.46. The van der Waals surface area contributed by atoms with Gasteiger partial charge in [0.15, 0.2) is 0 Å². The Labute approximate surface area is 239 Å². The van der Waals surface area contributed by atoms with Crippen LogP contribution < -0.4 is 9.97 Å². The van der Waals surface area contributed by atoms with Crippen molar-refractivity contribution in [1.29, 1.82) is 0 Å². The van der Waals surface area contributed by atoms with Crippen molar-refractivity contribution in [2.24, 2.45) is 0 Å². The van der Waals surface area contributed by atoms with Crippen LogP contribution in [0.2, 0.25) is 0 Å². The van der Waals surface area contributed by atoms with Crippen molar-refractivity contribution in [1.82, 2.24) is 59.8 Å². The Morgan fingerprint density at radius 3 is 1.32 bits per heavy atom. The van der Waals surface area contributed by atoms with Gasteiger partial charge in [0.25, 0.3) is 0 Å². The molecule has 9 heterocycles. The molecule has 193 valence electrons. The van der Waals surface area contributed by atoms with E-state index in [-0.39, 0.29) is 16.8 Å². The molecule has 8 bridgehead atoms. The average Bonchev–Trinajstić information content (AvgIpc) is 3.73. The normalized spacial score (nSPS) is 11.7. The summed E-state index contributed by atoms with van der Waals surface area (Å²) in [6, 6.07) is 14.9. The molecule has 2 aliphatic heterocycles. The molecule has 0 atom stereocenters. The first kappa shape index (κ1) is 23.4. The predicted octanol–water partition coefficient (Wildman–Crippen LogP) is 3.70. The molecule has 7 aromatic rings. The summed E-state index contributed by atoms with van der Waals surface area (Å²) in [6.45, 7) is 0. The van der Waals surface area contributed by atoms with E-state index < -0.39 is 0 Å². The molecular weight excluding hydrogens is 563 g/mol. The summed E-state index contributed by atoms with van der Waals surface area (Å²) in [6.07, 6.45) is 6.78. The Hall–Kier alpha value is -5.53. The number of nitrogens with zero attached hydrogens (tertiary/aromatic N) is 12. The molecule has 0 aromatic carbocycles. The molecule has 0 spiro atoms. The Morgan fingerprint density at radius 1 is 0.415 bits per heavy atom. The van der Waals surface area contributed by atoms with E-state index in [4.69, 9.17) is 39.9 Å². The zero-order chi connectivity index (χ0) is 26.2. The molecule has 0 aliphatic carbocycles. The topological polar surface area (TPSA) is 157 Å². The third kappa shape index (κ3) is 3.46. The van der Waals surface area contributed by atoms with Gasteiger partial charge < -0.3 is 29.9 Å². The van der Waals surface area contributed by atoms with Gasteiger partial charge >= 0.3 is 16.8 Å². The fourth-order valence-corrected chi connectivity index (χ4v) is 4.96. The van der Waals surface area contributed by atoms with Crippen LogP contribution >= 0.6 is 0 Å². The molecule has 0 N–H and O–H groups in total. The SMILES string of the molecule is [Co+2].c1cnc2c(c1)-c1nc-2nc2[n-]c(nc3nc(nc4[n-]c(n1)c1ncccc41)-c1ncccc1-3)c1ncccc21. The van der Waals surface area contributed by atoms with Crippen molar-refractivity contribution in [2.45, 2.75) is 0 Å². The van der Waals surface area contributed by atoms with Gasteiger partial charge in [-0.15, -0.1) is 0 Å². The van der Waals surface area contributed by atoms with E-state index in [0.717, 1.165) is 21.9 Å². The van der Waals surface area contributed by atoms with Crippen molar-refractivity contribution >= 4 is 44.4 Å². The van der Waals surface area contributed by atoms with Crippen LogP contribution in [0.1, 0.15) is 0 Å². The van der Waals surface area contributed by atoms with Gasteiger partial charge in [-0.05, 0) is 36.4 Å². The molecule has 0 amide bonds. The molecule has 9 rings (SSSR count). The smallest absolute Gasteiger partial charge is 0.356 e. The summed E-state index contributed by atoms with van der Waals surface area (Å²) in [5.74, 6) is 1.61. The van der Waals surface area contributed by atoms with Gasteiger partial charge in [0.1, 0.15) is 23.0 Å². The minimum Gasteiger partial charge on any atom is -0.356 e. The maximum atomic E-state index is 4.82. The summed E-state index contributed by atoms with van der Waals surface area (Å²) in [4.78, 5) is 56.5. The Bertz CT molecular complexity index is 2040. The fraction of sp³-hybridized carbons (Fsp3) is 0. The van der Waals surface area contributed by atoms with Gasteiger partial charge in [-0.2, -0.15) is 0 Å². The van der Waals surface area contributed by atoms with E-state index in [0.29, 0.717) is 68.3 Å².